The zero-order chi connectivity index (χ0) is 40.1. The van der Waals surface area contributed by atoms with Crippen molar-refractivity contribution in [1.29, 1.82) is 0 Å². The van der Waals surface area contributed by atoms with E-state index in [1.807, 2.05) is 44.9 Å². The normalized spacial score (nSPS) is 21.5. The monoisotopic (exact) mass is 774 g/mol. The molecule has 0 radical (unpaired) electrons. The fraction of sp³-hybridized carbons (Fsp3) is 0.442. The molecule has 0 unspecified atom stereocenters. The third kappa shape index (κ3) is 7.06. The highest BCUT2D eigenvalue weighted by molar-refractivity contribution is 6.05. The molecule has 3 aliphatic rings. The molecule has 14 nitrogen and oxygen atoms in total. The summed E-state index contributed by atoms with van der Waals surface area (Å²) >= 11 is 0. The molecule has 2 aromatic heterocycles. The van der Waals surface area contributed by atoms with Gasteiger partial charge in [0.15, 0.2) is 0 Å². The average Bonchev–Trinajstić information content (AvgIpc) is 4.06. The van der Waals surface area contributed by atoms with Crippen LogP contribution in [0.3, 0.4) is 0 Å². The highest BCUT2D eigenvalue weighted by Gasteiger charge is 2.51. The van der Waals surface area contributed by atoms with Gasteiger partial charge in [-0.15, -0.1) is 0 Å². The molecule has 298 valence electrons. The van der Waals surface area contributed by atoms with Crippen molar-refractivity contribution in [2.24, 2.45) is 17.8 Å². The molecule has 4 heterocycles. The minimum Gasteiger partial charge on any atom is -0.465 e. The summed E-state index contributed by atoms with van der Waals surface area (Å²) in [6, 6.07) is 16.9. The number of ether oxygens (including phenoxy) is 1. The van der Waals surface area contributed by atoms with Gasteiger partial charge in [-0.05, 0) is 84.1 Å². The third-order valence-corrected chi connectivity index (χ3v) is 12.2. The Kier molecular flexibility index (Phi) is 10.1. The van der Waals surface area contributed by atoms with E-state index < -0.39 is 24.3 Å². The maximum atomic E-state index is 13.9. The number of benzene rings is 3. The number of H-pyrrole nitrogens is 2. The SMILES string of the molecule is COC(=O)N[C@H](C(=O)N1[C@@H]2CC[C@@H](C2)[C@H]1c1ncc(-c2ccc(-c3ccc4c(ccc5[nH]c([C@@H]6CCCN6C(=O)[C@@H](NC(=O)O)C(C)C)nc54)c3)cc2)[nH]1)C(C)C. The van der Waals surface area contributed by atoms with Crippen LogP contribution in [0.25, 0.3) is 44.2 Å². The smallest absolute Gasteiger partial charge is 0.407 e. The lowest BCUT2D eigenvalue weighted by atomic mass is 9.95. The number of amides is 4. The molecule has 4 amide bonds. The van der Waals surface area contributed by atoms with E-state index in [-0.39, 0.29) is 41.8 Å². The number of aromatic nitrogens is 4. The summed E-state index contributed by atoms with van der Waals surface area (Å²) in [5.41, 5.74) is 5.68. The Morgan fingerprint density at radius 3 is 2.28 bits per heavy atom. The first kappa shape index (κ1) is 38.0. The van der Waals surface area contributed by atoms with Crippen molar-refractivity contribution in [3.8, 4) is 22.4 Å². The average molecular weight is 775 g/mol. The van der Waals surface area contributed by atoms with Crippen LogP contribution in [-0.4, -0.2) is 90.6 Å². The van der Waals surface area contributed by atoms with Gasteiger partial charge >= 0.3 is 12.2 Å². The fourth-order valence-corrected chi connectivity index (χ4v) is 9.29. The summed E-state index contributed by atoms with van der Waals surface area (Å²) < 4.78 is 4.82. The number of rotatable bonds is 10. The summed E-state index contributed by atoms with van der Waals surface area (Å²) in [5.74, 6) is 1.15. The highest BCUT2D eigenvalue weighted by Crippen LogP contribution is 2.50. The Hall–Kier alpha value is -5.92. The van der Waals surface area contributed by atoms with Gasteiger partial charge in [-0.2, -0.15) is 0 Å². The lowest BCUT2D eigenvalue weighted by molar-refractivity contribution is -0.139. The van der Waals surface area contributed by atoms with Gasteiger partial charge in [0.1, 0.15) is 23.7 Å². The van der Waals surface area contributed by atoms with E-state index in [9.17, 15) is 24.3 Å². The summed E-state index contributed by atoms with van der Waals surface area (Å²) in [5, 5.41) is 16.5. The van der Waals surface area contributed by atoms with Gasteiger partial charge in [0, 0.05) is 18.0 Å². The molecule has 5 aromatic rings. The van der Waals surface area contributed by atoms with Crippen molar-refractivity contribution in [3.63, 3.8) is 0 Å². The lowest BCUT2D eigenvalue weighted by Gasteiger charge is -2.37. The van der Waals surface area contributed by atoms with Crippen LogP contribution in [0, 0.1) is 17.8 Å². The van der Waals surface area contributed by atoms with Crippen LogP contribution in [0.5, 0.6) is 0 Å². The van der Waals surface area contributed by atoms with E-state index in [1.54, 1.807) is 4.90 Å². The largest absolute Gasteiger partial charge is 0.465 e. The van der Waals surface area contributed by atoms with Crippen LogP contribution in [0.1, 0.15) is 83.5 Å². The van der Waals surface area contributed by atoms with Crippen LogP contribution >= 0.6 is 0 Å². The number of aromatic amines is 2. The van der Waals surface area contributed by atoms with E-state index in [2.05, 4.69) is 69.1 Å². The molecule has 2 saturated heterocycles. The van der Waals surface area contributed by atoms with E-state index in [1.165, 1.54) is 7.11 Å². The Morgan fingerprint density at radius 2 is 1.56 bits per heavy atom. The van der Waals surface area contributed by atoms with Crippen LogP contribution < -0.4 is 10.6 Å². The molecular formula is C43H50N8O6. The number of fused-ring (bicyclic) bond motifs is 5. The van der Waals surface area contributed by atoms with E-state index in [4.69, 9.17) is 14.7 Å². The molecule has 2 bridgehead atoms. The van der Waals surface area contributed by atoms with E-state index in [0.717, 1.165) is 82.1 Å². The molecule has 57 heavy (non-hydrogen) atoms. The molecule has 3 aromatic carbocycles. The number of nitrogens with zero attached hydrogens (tertiary/aromatic N) is 4. The number of hydrogen-bond donors (Lipinski definition) is 5. The molecule has 8 rings (SSSR count). The molecule has 5 N–H and O–H groups in total. The van der Waals surface area contributed by atoms with Gasteiger partial charge < -0.3 is 40.2 Å². The molecule has 1 saturated carbocycles. The molecule has 3 fully saturated rings. The number of carboxylic acid groups (broad SMARTS) is 1. The number of imidazole rings is 2. The van der Waals surface area contributed by atoms with Crippen molar-refractivity contribution in [1.82, 2.24) is 40.4 Å². The quantitative estimate of drug-likeness (QED) is 0.0989. The first-order valence-corrected chi connectivity index (χ1v) is 20.0. The predicted octanol–water partition coefficient (Wildman–Crippen LogP) is 7.16. The number of likely N-dealkylation sites (tertiary alicyclic amines) is 2. The van der Waals surface area contributed by atoms with Gasteiger partial charge in [-0.1, -0.05) is 70.2 Å². The molecule has 0 spiro atoms. The molecule has 14 heteroatoms. The van der Waals surface area contributed by atoms with Crippen molar-refractivity contribution < 1.29 is 29.0 Å². The van der Waals surface area contributed by atoms with Gasteiger partial charge in [-0.25, -0.2) is 19.6 Å². The van der Waals surface area contributed by atoms with E-state index in [0.29, 0.717) is 18.3 Å². The first-order chi connectivity index (χ1) is 27.4. The highest BCUT2D eigenvalue weighted by atomic mass is 16.5. The van der Waals surface area contributed by atoms with Crippen LogP contribution in [0.15, 0.2) is 60.8 Å². The number of carbonyl (C=O) groups excluding carboxylic acids is 3. The topological polar surface area (TPSA) is 186 Å². The number of alkyl carbamates (subject to hydrolysis) is 1. The maximum Gasteiger partial charge on any atom is 0.407 e. The second-order valence-corrected chi connectivity index (χ2v) is 16.4. The van der Waals surface area contributed by atoms with Crippen molar-refractivity contribution in [2.75, 3.05) is 13.7 Å². The Bertz CT molecular complexity index is 2330. The third-order valence-electron chi connectivity index (χ3n) is 12.2. The molecule has 6 atom stereocenters. The van der Waals surface area contributed by atoms with E-state index >= 15 is 0 Å². The van der Waals surface area contributed by atoms with Crippen LogP contribution in [0.4, 0.5) is 9.59 Å². The van der Waals surface area contributed by atoms with Gasteiger partial charge in [0.2, 0.25) is 11.8 Å². The number of nitrogens with one attached hydrogen (secondary N) is 4. The second kappa shape index (κ2) is 15.2. The van der Waals surface area contributed by atoms with Crippen molar-refractivity contribution in [2.45, 2.75) is 90.0 Å². The molecule has 2 aliphatic heterocycles. The van der Waals surface area contributed by atoms with Crippen molar-refractivity contribution >= 4 is 45.8 Å². The minimum atomic E-state index is -1.21. The minimum absolute atomic E-state index is 0.0989. The maximum absolute atomic E-state index is 13.9. The lowest BCUT2D eigenvalue weighted by Crippen LogP contribution is -2.54. The summed E-state index contributed by atoms with van der Waals surface area (Å²) in [7, 11) is 1.30. The number of methoxy groups -OCH3 is 1. The number of piperidine rings is 1. The summed E-state index contributed by atoms with van der Waals surface area (Å²) in [6.45, 7) is 8.07. The predicted molar refractivity (Wildman–Crippen MR) is 215 cm³/mol. The Morgan fingerprint density at radius 1 is 0.842 bits per heavy atom. The van der Waals surface area contributed by atoms with Crippen LogP contribution in [0.2, 0.25) is 0 Å². The second-order valence-electron chi connectivity index (χ2n) is 16.4. The van der Waals surface area contributed by atoms with Gasteiger partial charge in [0.25, 0.3) is 0 Å². The van der Waals surface area contributed by atoms with Gasteiger partial charge in [-0.3, -0.25) is 9.59 Å². The zero-order valence-corrected chi connectivity index (χ0v) is 32.9. The number of hydrogen-bond acceptors (Lipinski definition) is 7. The fourth-order valence-electron chi connectivity index (χ4n) is 9.29. The van der Waals surface area contributed by atoms with Crippen molar-refractivity contribution in [3.05, 3.63) is 72.4 Å². The standard InChI is InChI=1S/C43H50N8O6/c1-22(2)34(48-42(54)55)40(52)50-18-6-7-33(50)38-45-31-17-14-27-19-26(13-16-30(27)36(31)47-38)24-8-10-25(11-9-24)32-21-44-39(46-32)37-28-12-15-29(20-28)51(37)41(53)35(23(3)4)49-43(56)57-5/h8-11,13-14,16-17,19,21-23,28-29,33-35,37,48H,6-7,12,15,18,20H2,1-5H3,(H,44,46)(H,45,47)(H,49,56)(H,54,55)/t28-,29+,33-,34-,35-,37-/m0/s1. The summed E-state index contributed by atoms with van der Waals surface area (Å²) in [6.07, 6.45) is 4.48. The van der Waals surface area contributed by atoms with Crippen LogP contribution in [-0.2, 0) is 14.3 Å². The molecular weight excluding hydrogens is 725 g/mol. The number of carbonyl (C=O) groups is 4. The zero-order valence-electron chi connectivity index (χ0n) is 32.9. The summed E-state index contributed by atoms with van der Waals surface area (Å²) in [4.78, 5) is 71.5. The Balaban J connectivity index is 1.00. The molecule has 1 aliphatic carbocycles. The van der Waals surface area contributed by atoms with Gasteiger partial charge in [0.05, 0.1) is 42.1 Å². The first-order valence-electron chi connectivity index (χ1n) is 20.0. The Labute approximate surface area is 330 Å².